The Bertz CT molecular complexity index is 763. The van der Waals surface area contributed by atoms with Crippen LogP contribution in [-0.2, 0) is 4.79 Å². The van der Waals surface area contributed by atoms with Crippen LogP contribution in [0, 0.1) is 13.8 Å². The van der Waals surface area contributed by atoms with Crippen LogP contribution in [0.2, 0.25) is 0 Å². The number of aryl methyl sites for hydroxylation is 2. The topological polar surface area (TPSA) is 78.4 Å². The van der Waals surface area contributed by atoms with Crippen molar-refractivity contribution in [2.75, 3.05) is 13.2 Å². The molecule has 2 aromatic carbocycles. The minimum atomic E-state index is -0.449. The molecule has 5 nitrogen and oxygen atoms in total. The maximum absolute atomic E-state index is 12.4. The average molecular weight is 338 g/mol. The van der Waals surface area contributed by atoms with Crippen molar-refractivity contribution in [3.8, 4) is 0 Å². The molecule has 0 aliphatic heterocycles. The van der Waals surface area contributed by atoms with Gasteiger partial charge in [-0.1, -0.05) is 47.5 Å². The van der Waals surface area contributed by atoms with Gasteiger partial charge in [0.2, 0.25) is 0 Å². The molecule has 0 heterocycles. The molecule has 0 bridgehead atoms. The van der Waals surface area contributed by atoms with Gasteiger partial charge in [0.05, 0.1) is 6.61 Å². The molecule has 2 amide bonds. The lowest BCUT2D eigenvalue weighted by molar-refractivity contribution is -0.117. The summed E-state index contributed by atoms with van der Waals surface area (Å²) in [6.45, 7) is 3.86. The number of amides is 2. The number of hydrogen-bond donors (Lipinski definition) is 3. The molecule has 0 saturated heterocycles. The molecule has 0 aromatic heterocycles. The van der Waals surface area contributed by atoms with Gasteiger partial charge >= 0.3 is 0 Å². The number of aliphatic hydroxyl groups excluding tert-OH is 1. The lowest BCUT2D eigenvalue weighted by Gasteiger charge is -2.11. The first-order valence-corrected chi connectivity index (χ1v) is 8.05. The summed E-state index contributed by atoms with van der Waals surface area (Å²) in [5.41, 5.74) is 3.54. The number of carbonyl (C=O) groups excluding carboxylic acids is 2. The molecule has 0 spiro atoms. The Morgan fingerprint density at radius 3 is 2.08 bits per heavy atom. The Labute approximate surface area is 147 Å². The number of carbonyl (C=O) groups is 2. The van der Waals surface area contributed by atoms with E-state index in [1.165, 1.54) is 0 Å². The van der Waals surface area contributed by atoms with Crippen LogP contribution in [0.4, 0.5) is 0 Å². The fourth-order valence-corrected chi connectivity index (χ4v) is 2.15. The van der Waals surface area contributed by atoms with Crippen molar-refractivity contribution >= 4 is 17.9 Å². The van der Waals surface area contributed by atoms with Gasteiger partial charge in [0, 0.05) is 12.1 Å². The molecule has 5 heteroatoms. The predicted octanol–water partition coefficient (Wildman–Crippen LogP) is 2.18. The molecule has 2 rings (SSSR count). The first-order chi connectivity index (χ1) is 12.0. The SMILES string of the molecule is Cc1ccc(/C=C(/NC(=O)c2ccc(C)cc2)C(=O)NCCO)cc1. The van der Waals surface area contributed by atoms with Crippen LogP contribution < -0.4 is 10.6 Å². The largest absolute Gasteiger partial charge is 0.395 e. The van der Waals surface area contributed by atoms with Crippen LogP contribution in [-0.4, -0.2) is 30.1 Å². The second kappa shape index (κ2) is 8.80. The quantitative estimate of drug-likeness (QED) is 0.707. The molecule has 0 fully saturated rings. The van der Waals surface area contributed by atoms with E-state index in [4.69, 9.17) is 5.11 Å². The third kappa shape index (κ3) is 5.58. The van der Waals surface area contributed by atoms with Gasteiger partial charge in [-0.3, -0.25) is 9.59 Å². The molecule has 0 aliphatic carbocycles. The van der Waals surface area contributed by atoms with Crippen molar-refractivity contribution in [3.63, 3.8) is 0 Å². The molecule has 130 valence electrons. The molecule has 2 aromatic rings. The first kappa shape index (κ1) is 18.4. The van der Waals surface area contributed by atoms with Gasteiger partial charge in [-0.25, -0.2) is 0 Å². The molecule has 0 radical (unpaired) electrons. The lowest BCUT2D eigenvalue weighted by atomic mass is 10.1. The summed E-state index contributed by atoms with van der Waals surface area (Å²) in [6, 6.07) is 14.7. The molecular formula is C20H22N2O3. The summed E-state index contributed by atoms with van der Waals surface area (Å²) in [5, 5.41) is 14.1. The van der Waals surface area contributed by atoms with E-state index >= 15 is 0 Å². The molecule has 0 atom stereocenters. The number of hydrogen-bond acceptors (Lipinski definition) is 3. The van der Waals surface area contributed by atoms with Gasteiger partial charge in [-0.15, -0.1) is 0 Å². The van der Waals surface area contributed by atoms with E-state index in [1.807, 2.05) is 50.2 Å². The van der Waals surface area contributed by atoms with Crippen molar-refractivity contribution in [2.45, 2.75) is 13.8 Å². The van der Waals surface area contributed by atoms with Gasteiger partial charge in [-0.2, -0.15) is 0 Å². The molecular weight excluding hydrogens is 316 g/mol. The molecule has 0 unspecified atom stereocenters. The number of aliphatic hydroxyl groups is 1. The highest BCUT2D eigenvalue weighted by molar-refractivity contribution is 6.05. The smallest absolute Gasteiger partial charge is 0.267 e. The fraction of sp³-hybridized carbons (Fsp3) is 0.200. The highest BCUT2D eigenvalue weighted by Gasteiger charge is 2.14. The van der Waals surface area contributed by atoms with Crippen molar-refractivity contribution in [1.29, 1.82) is 0 Å². The van der Waals surface area contributed by atoms with Crippen LogP contribution in [0.15, 0.2) is 54.2 Å². The van der Waals surface area contributed by atoms with E-state index in [-0.39, 0.29) is 24.8 Å². The maximum Gasteiger partial charge on any atom is 0.267 e. The Kier molecular flexibility index (Phi) is 6.48. The Balaban J connectivity index is 2.24. The number of rotatable bonds is 6. The van der Waals surface area contributed by atoms with E-state index in [0.29, 0.717) is 5.56 Å². The molecule has 25 heavy (non-hydrogen) atoms. The van der Waals surface area contributed by atoms with Crippen molar-refractivity contribution in [1.82, 2.24) is 10.6 Å². The van der Waals surface area contributed by atoms with Crippen LogP contribution in [0.25, 0.3) is 6.08 Å². The Morgan fingerprint density at radius 2 is 1.52 bits per heavy atom. The van der Waals surface area contributed by atoms with Gasteiger partial charge in [0.1, 0.15) is 5.70 Å². The van der Waals surface area contributed by atoms with Crippen LogP contribution in [0.5, 0.6) is 0 Å². The van der Waals surface area contributed by atoms with Gasteiger partial charge < -0.3 is 15.7 Å². The third-order valence-corrected chi connectivity index (χ3v) is 3.59. The van der Waals surface area contributed by atoms with Gasteiger partial charge in [0.25, 0.3) is 11.8 Å². The monoisotopic (exact) mass is 338 g/mol. The first-order valence-electron chi connectivity index (χ1n) is 8.05. The highest BCUT2D eigenvalue weighted by Crippen LogP contribution is 2.09. The second-order valence-corrected chi connectivity index (χ2v) is 5.77. The molecule has 0 aliphatic rings. The van der Waals surface area contributed by atoms with E-state index in [1.54, 1.807) is 18.2 Å². The van der Waals surface area contributed by atoms with E-state index < -0.39 is 5.91 Å². The third-order valence-electron chi connectivity index (χ3n) is 3.59. The molecule has 3 N–H and O–H groups in total. The summed E-state index contributed by atoms with van der Waals surface area (Å²) in [4.78, 5) is 24.7. The van der Waals surface area contributed by atoms with Gasteiger partial charge in [0.15, 0.2) is 0 Å². The average Bonchev–Trinajstić information content (AvgIpc) is 2.61. The fourth-order valence-electron chi connectivity index (χ4n) is 2.15. The van der Waals surface area contributed by atoms with E-state index in [9.17, 15) is 9.59 Å². The summed E-state index contributed by atoms with van der Waals surface area (Å²) >= 11 is 0. The normalized spacial score (nSPS) is 11.1. The van der Waals surface area contributed by atoms with E-state index in [0.717, 1.165) is 16.7 Å². The summed E-state index contributed by atoms with van der Waals surface area (Å²) in [6.07, 6.45) is 1.61. The zero-order valence-electron chi connectivity index (χ0n) is 14.4. The highest BCUT2D eigenvalue weighted by atomic mass is 16.3. The minimum absolute atomic E-state index is 0.116. The maximum atomic E-state index is 12.4. The Morgan fingerprint density at radius 1 is 0.960 bits per heavy atom. The van der Waals surface area contributed by atoms with E-state index in [2.05, 4.69) is 10.6 Å². The summed E-state index contributed by atoms with van der Waals surface area (Å²) in [5.74, 6) is -0.812. The second-order valence-electron chi connectivity index (χ2n) is 5.77. The zero-order valence-corrected chi connectivity index (χ0v) is 14.4. The standard InChI is InChI=1S/C20H22N2O3/c1-14-3-7-16(8-4-14)13-18(20(25)21-11-12-23)22-19(24)17-9-5-15(2)6-10-17/h3-10,13,23H,11-12H2,1-2H3,(H,21,25)(H,22,24)/b18-13+. The predicted molar refractivity (Wildman–Crippen MR) is 97.9 cm³/mol. The Hall–Kier alpha value is -2.92. The van der Waals surface area contributed by atoms with Crippen LogP contribution >= 0.6 is 0 Å². The summed E-state index contributed by atoms with van der Waals surface area (Å²) in [7, 11) is 0. The number of benzene rings is 2. The van der Waals surface area contributed by atoms with Crippen LogP contribution in [0.3, 0.4) is 0 Å². The minimum Gasteiger partial charge on any atom is -0.395 e. The van der Waals surface area contributed by atoms with Crippen LogP contribution in [0.1, 0.15) is 27.0 Å². The van der Waals surface area contributed by atoms with Crippen molar-refractivity contribution in [3.05, 3.63) is 76.5 Å². The molecule has 0 saturated carbocycles. The number of nitrogens with one attached hydrogen (secondary N) is 2. The van der Waals surface area contributed by atoms with Gasteiger partial charge in [-0.05, 0) is 37.6 Å². The van der Waals surface area contributed by atoms with Crippen molar-refractivity contribution in [2.24, 2.45) is 0 Å². The van der Waals surface area contributed by atoms with Crippen molar-refractivity contribution < 1.29 is 14.7 Å². The summed E-state index contributed by atoms with van der Waals surface area (Å²) < 4.78 is 0. The lowest BCUT2D eigenvalue weighted by Crippen LogP contribution is -2.36. The zero-order chi connectivity index (χ0) is 18.2.